The molecule has 0 spiro atoms. The fourth-order valence-electron chi connectivity index (χ4n) is 1.63. The fraction of sp³-hybridized carbons (Fsp3) is 0.167. The van der Waals surface area contributed by atoms with Gasteiger partial charge >= 0.3 is 0 Å². The summed E-state index contributed by atoms with van der Waals surface area (Å²) in [5, 5.41) is 4.27. The van der Waals surface area contributed by atoms with Gasteiger partial charge in [0.2, 0.25) is 0 Å². The number of aryl methyl sites for hydroxylation is 1. The Labute approximate surface area is 119 Å². The predicted octanol–water partition coefficient (Wildman–Crippen LogP) is 2.48. The Hall–Kier alpha value is -0.950. The highest BCUT2D eigenvalue weighted by Crippen LogP contribution is 2.13. The van der Waals surface area contributed by atoms with E-state index in [1.807, 2.05) is 29.2 Å². The van der Waals surface area contributed by atoms with Crippen LogP contribution in [0.5, 0.6) is 0 Å². The van der Waals surface area contributed by atoms with E-state index in [-0.39, 0.29) is 0 Å². The molecule has 1 heterocycles. The van der Waals surface area contributed by atoms with Crippen molar-refractivity contribution >= 4 is 39.8 Å². The molecule has 17 heavy (non-hydrogen) atoms. The zero-order valence-corrected chi connectivity index (χ0v) is 12.3. The van der Waals surface area contributed by atoms with Crippen molar-refractivity contribution in [3.05, 3.63) is 50.9 Å². The minimum absolute atomic E-state index is 0.438. The maximum absolute atomic E-state index is 5.60. The maximum Gasteiger partial charge on any atom is 0.103 e. The number of thiocarbonyl (C=S) groups is 1. The second-order valence-corrected chi connectivity index (χ2v) is 5.55. The molecule has 0 aliphatic heterocycles. The Balaban J connectivity index is 2.25. The second kappa shape index (κ2) is 5.14. The van der Waals surface area contributed by atoms with Gasteiger partial charge in [-0.1, -0.05) is 24.4 Å². The Kier molecular flexibility index (Phi) is 3.78. The van der Waals surface area contributed by atoms with Gasteiger partial charge in [-0.25, -0.2) is 0 Å². The molecule has 2 aromatic rings. The van der Waals surface area contributed by atoms with Crippen LogP contribution < -0.4 is 5.73 Å². The molecule has 0 aliphatic rings. The van der Waals surface area contributed by atoms with E-state index in [2.05, 4.69) is 40.7 Å². The van der Waals surface area contributed by atoms with E-state index < -0.39 is 0 Å². The summed E-state index contributed by atoms with van der Waals surface area (Å²) in [5.74, 6) is 0. The lowest BCUT2D eigenvalue weighted by Crippen LogP contribution is -2.10. The van der Waals surface area contributed by atoms with Crippen molar-refractivity contribution in [3.8, 4) is 0 Å². The lowest BCUT2D eigenvalue weighted by atomic mass is 10.1. The van der Waals surface area contributed by atoms with E-state index in [0.29, 0.717) is 4.99 Å². The summed E-state index contributed by atoms with van der Waals surface area (Å²) >= 11 is 7.21. The number of halogens is 1. The summed E-state index contributed by atoms with van der Waals surface area (Å²) < 4.78 is 3.06. The van der Waals surface area contributed by atoms with Crippen molar-refractivity contribution in [1.29, 1.82) is 0 Å². The number of aromatic nitrogens is 2. The zero-order chi connectivity index (χ0) is 12.4. The quantitative estimate of drug-likeness (QED) is 0.678. The Morgan fingerprint density at radius 2 is 2.29 bits per heavy atom. The molecule has 0 atom stereocenters. The largest absolute Gasteiger partial charge is 0.389 e. The third-order valence-electron chi connectivity index (χ3n) is 2.56. The van der Waals surface area contributed by atoms with Crippen LogP contribution in [0.15, 0.2) is 30.6 Å². The molecular weight excluding hydrogens is 345 g/mol. The smallest absolute Gasteiger partial charge is 0.103 e. The highest BCUT2D eigenvalue weighted by molar-refractivity contribution is 14.1. The monoisotopic (exact) mass is 357 g/mol. The molecule has 0 radical (unpaired) electrons. The number of hydrogen-bond donors (Lipinski definition) is 1. The van der Waals surface area contributed by atoms with Crippen LogP contribution in [-0.4, -0.2) is 14.8 Å². The minimum atomic E-state index is 0.438. The Morgan fingerprint density at radius 1 is 1.53 bits per heavy atom. The van der Waals surface area contributed by atoms with Gasteiger partial charge in [0.1, 0.15) is 4.99 Å². The summed E-state index contributed by atoms with van der Waals surface area (Å²) in [6, 6.07) is 6.03. The van der Waals surface area contributed by atoms with Gasteiger partial charge in [-0.05, 0) is 46.7 Å². The number of hydrogen-bond acceptors (Lipinski definition) is 2. The first-order valence-electron chi connectivity index (χ1n) is 5.13. The SMILES string of the molecule is Cc1cc(C(N)=S)ccc1Cn1cc(I)cn1. The summed E-state index contributed by atoms with van der Waals surface area (Å²) in [5.41, 5.74) is 8.92. The third kappa shape index (κ3) is 3.04. The van der Waals surface area contributed by atoms with Crippen molar-refractivity contribution < 1.29 is 0 Å². The summed E-state index contributed by atoms with van der Waals surface area (Å²) in [6.45, 7) is 2.83. The van der Waals surface area contributed by atoms with E-state index in [0.717, 1.165) is 15.7 Å². The van der Waals surface area contributed by atoms with Crippen LogP contribution in [0.25, 0.3) is 0 Å². The molecule has 3 nitrogen and oxygen atoms in total. The molecule has 2 N–H and O–H groups in total. The molecule has 0 bridgehead atoms. The van der Waals surface area contributed by atoms with Crippen molar-refractivity contribution in [2.45, 2.75) is 13.5 Å². The van der Waals surface area contributed by atoms with Gasteiger partial charge in [0.05, 0.1) is 16.3 Å². The van der Waals surface area contributed by atoms with Gasteiger partial charge in [0, 0.05) is 11.8 Å². The third-order valence-corrected chi connectivity index (χ3v) is 3.35. The summed E-state index contributed by atoms with van der Waals surface area (Å²) in [6.07, 6.45) is 3.86. The maximum atomic E-state index is 5.60. The van der Waals surface area contributed by atoms with E-state index >= 15 is 0 Å². The highest BCUT2D eigenvalue weighted by Gasteiger charge is 2.03. The zero-order valence-electron chi connectivity index (χ0n) is 9.35. The van der Waals surface area contributed by atoms with Gasteiger partial charge < -0.3 is 5.73 Å². The first-order chi connectivity index (χ1) is 8.06. The van der Waals surface area contributed by atoms with Gasteiger partial charge in [-0.2, -0.15) is 5.10 Å². The molecule has 0 unspecified atom stereocenters. The fourth-order valence-corrected chi connectivity index (χ4v) is 2.20. The summed E-state index contributed by atoms with van der Waals surface area (Å²) in [7, 11) is 0. The van der Waals surface area contributed by atoms with Crippen molar-refractivity contribution in [2.24, 2.45) is 5.73 Å². The highest BCUT2D eigenvalue weighted by atomic mass is 127. The molecule has 0 fully saturated rings. The van der Waals surface area contributed by atoms with Crippen LogP contribution in [0.3, 0.4) is 0 Å². The van der Waals surface area contributed by atoms with Gasteiger partial charge in [0.25, 0.3) is 0 Å². The molecule has 5 heteroatoms. The van der Waals surface area contributed by atoms with Crippen LogP contribution in [0.2, 0.25) is 0 Å². The molecule has 88 valence electrons. The van der Waals surface area contributed by atoms with E-state index in [4.69, 9.17) is 18.0 Å². The van der Waals surface area contributed by atoms with Crippen LogP contribution in [0.1, 0.15) is 16.7 Å². The Bertz CT molecular complexity index is 563. The molecule has 0 saturated heterocycles. The van der Waals surface area contributed by atoms with Crippen molar-refractivity contribution in [2.75, 3.05) is 0 Å². The number of benzene rings is 1. The molecule has 0 aliphatic carbocycles. The number of nitrogens with two attached hydrogens (primary N) is 1. The van der Waals surface area contributed by atoms with E-state index in [1.54, 1.807) is 0 Å². The molecule has 0 amide bonds. The summed E-state index contributed by atoms with van der Waals surface area (Å²) in [4.78, 5) is 0.438. The lowest BCUT2D eigenvalue weighted by Gasteiger charge is -2.08. The van der Waals surface area contributed by atoms with Crippen LogP contribution in [0.4, 0.5) is 0 Å². The van der Waals surface area contributed by atoms with Crippen molar-refractivity contribution in [1.82, 2.24) is 9.78 Å². The van der Waals surface area contributed by atoms with Crippen LogP contribution in [0, 0.1) is 10.5 Å². The molecule has 1 aromatic heterocycles. The first kappa shape index (κ1) is 12.5. The van der Waals surface area contributed by atoms with Gasteiger partial charge in [0.15, 0.2) is 0 Å². The first-order valence-corrected chi connectivity index (χ1v) is 6.62. The number of nitrogens with zero attached hydrogens (tertiary/aromatic N) is 2. The molecule has 0 saturated carbocycles. The average Bonchev–Trinajstić information content (AvgIpc) is 2.67. The number of rotatable bonds is 3. The van der Waals surface area contributed by atoms with Gasteiger partial charge in [-0.15, -0.1) is 0 Å². The molecule has 2 rings (SSSR count). The van der Waals surface area contributed by atoms with Crippen LogP contribution >= 0.6 is 34.8 Å². The average molecular weight is 357 g/mol. The molecular formula is C12H12IN3S. The Morgan fingerprint density at radius 3 is 2.82 bits per heavy atom. The van der Waals surface area contributed by atoms with Crippen molar-refractivity contribution in [3.63, 3.8) is 0 Å². The van der Waals surface area contributed by atoms with Crippen LogP contribution in [-0.2, 0) is 6.54 Å². The second-order valence-electron chi connectivity index (χ2n) is 3.86. The topological polar surface area (TPSA) is 43.8 Å². The minimum Gasteiger partial charge on any atom is -0.389 e. The lowest BCUT2D eigenvalue weighted by molar-refractivity contribution is 0.684. The predicted molar refractivity (Wildman–Crippen MR) is 81.1 cm³/mol. The normalized spacial score (nSPS) is 10.5. The molecule has 1 aromatic carbocycles. The van der Waals surface area contributed by atoms with Gasteiger partial charge in [-0.3, -0.25) is 4.68 Å². The standard InChI is InChI=1S/C12H12IN3S/c1-8-4-9(12(14)17)2-3-10(8)6-16-7-11(13)5-15-16/h2-5,7H,6H2,1H3,(H2,14,17). The van der Waals surface area contributed by atoms with E-state index in [1.165, 1.54) is 11.1 Å². The van der Waals surface area contributed by atoms with E-state index in [9.17, 15) is 0 Å².